The van der Waals surface area contributed by atoms with Crippen molar-refractivity contribution in [1.82, 2.24) is 4.90 Å². The van der Waals surface area contributed by atoms with Crippen molar-refractivity contribution in [1.29, 1.82) is 0 Å². The number of hydrogen-bond acceptors (Lipinski definition) is 3. The number of hydrogen-bond donors (Lipinski definition) is 0. The summed E-state index contributed by atoms with van der Waals surface area (Å²) in [6.45, 7) is 13.7. The zero-order chi connectivity index (χ0) is 15.8. The molecular weight excluding hydrogens is 261 g/mol. The smallest absolute Gasteiger partial charge is 0.399 e. The van der Waals surface area contributed by atoms with Crippen LogP contribution in [-0.4, -0.2) is 36.3 Å². The summed E-state index contributed by atoms with van der Waals surface area (Å²) in [6.07, 6.45) is 0. The molecule has 0 saturated carbocycles. The fourth-order valence-electron chi connectivity index (χ4n) is 2.23. The molecule has 0 spiro atoms. The first kappa shape index (κ1) is 16.5. The summed E-state index contributed by atoms with van der Waals surface area (Å²) >= 11 is 0. The van der Waals surface area contributed by atoms with Crippen molar-refractivity contribution in [2.45, 2.75) is 65.3 Å². The van der Waals surface area contributed by atoms with Crippen LogP contribution < -0.4 is 5.46 Å². The number of nitrogens with zero attached hydrogens (tertiary/aromatic N) is 1. The molecule has 0 aromatic heterocycles. The van der Waals surface area contributed by atoms with E-state index in [1.54, 1.807) is 0 Å². The van der Waals surface area contributed by atoms with Crippen LogP contribution >= 0.6 is 0 Å². The van der Waals surface area contributed by atoms with Crippen molar-refractivity contribution in [3.8, 4) is 0 Å². The molecule has 1 aromatic rings. The molecule has 0 atom stereocenters. The average Bonchev–Trinajstić information content (AvgIpc) is 2.59. The minimum absolute atomic E-state index is 0.271. The van der Waals surface area contributed by atoms with Crippen LogP contribution in [0.3, 0.4) is 0 Å². The van der Waals surface area contributed by atoms with Gasteiger partial charge in [0.25, 0.3) is 0 Å². The van der Waals surface area contributed by atoms with Gasteiger partial charge in [0.2, 0.25) is 0 Å². The highest BCUT2D eigenvalue weighted by molar-refractivity contribution is 6.62. The van der Waals surface area contributed by atoms with Crippen LogP contribution in [-0.2, 0) is 15.9 Å². The normalized spacial score (nSPS) is 20.5. The summed E-state index contributed by atoms with van der Waals surface area (Å²) < 4.78 is 12.2. The molecule has 116 valence electrons. The maximum atomic E-state index is 6.08. The predicted molar refractivity (Wildman–Crippen MR) is 88.8 cm³/mol. The van der Waals surface area contributed by atoms with E-state index in [1.807, 2.05) is 0 Å². The van der Waals surface area contributed by atoms with Crippen LogP contribution in [0.2, 0.25) is 0 Å². The molecule has 0 bridgehead atoms. The zero-order valence-corrected chi connectivity index (χ0v) is 14.4. The lowest BCUT2D eigenvalue weighted by molar-refractivity contribution is 0.00578. The van der Waals surface area contributed by atoms with E-state index in [0.29, 0.717) is 6.04 Å². The van der Waals surface area contributed by atoms with E-state index in [0.717, 1.165) is 12.0 Å². The van der Waals surface area contributed by atoms with Crippen LogP contribution in [0.15, 0.2) is 24.3 Å². The Morgan fingerprint density at radius 1 is 1.00 bits per heavy atom. The van der Waals surface area contributed by atoms with E-state index in [1.165, 1.54) is 5.56 Å². The van der Waals surface area contributed by atoms with Crippen molar-refractivity contribution in [2.75, 3.05) is 7.05 Å². The number of benzene rings is 1. The molecule has 0 aliphatic carbocycles. The predicted octanol–water partition coefficient (Wildman–Crippen LogP) is 2.83. The van der Waals surface area contributed by atoms with Gasteiger partial charge in [-0.25, -0.2) is 0 Å². The Balaban J connectivity index is 2.07. The highest BCUT2D eigenvalue weighted by Gasteiger charge is 2.51. The van der Waals surface area contributed by atoms with Crippen LogP contribution in [0.4, 0.5) is 0 Å². The molecule has 0 N–H and O–H groups in total. The summed E-state index contributed by atoms with van der Waals surface area (Å²) in [6, 6.07) is 9.11. The van der Waals surface area contributed by atoms with E-state index in [9.17, 15) is 0 Å². The molecule has 21 heavy (non-hydrogen) atoms. The quantitative estimate of drug-likeness (QED) is 0.796. The van der Waals surface area contributed by atoms with Gasteiger partial charge in [-0.2, -0.15) is 0 Å². The van der Waals surface area contributed by atoms with Crippen LogP contribution in [0, 0.1) is 0 Å². The molecule has 1 aromatic carbocycles. The summed E-state index contributed by atoms with van der Waals surface area (Å²) in [7, 11) is 1.87. The Kier molecular flexibility index (Phi) is 4.53. The average molecular weight is 289 g/mol. The molecule has 0 amide bonds. The topological polar surface area (TPSA) is 21.7 Å². The van der Waals surface area contributed by atoms with Crippen molar-refractivity contribution in [3.63, 3.8) is 0 Å². The maximum absolute atomic E-state index is 6.08. The first-order valence-electron chi connectivity index (χ1n) is 7.77. The third-order valence-electron chi connectivity index (χ3n) is 4.82. The van der Waals surface area contributed by atoms with Gasteiger partial charge in [-0.1, -0.05) is 24.3 Å². The third-order valence-corrected chi connectivity index (χ3v) is 4.82. The molecule has 1 saturated heterocycles. The largest absolute Gasteiger partial charge is 0.494 e. The summed E-state index contributed by atoms with van der Waals surface area (Å²) in [4.78, 5) is 2.32. The molecule has 2 rings (SSSR count). The minimum atomic E-state index is -0.284. The second-order valence-electron chi connectivity index (χ2n) is 7.34. The fourth-order valence-corrected chi connectivity index (χ4v) is 2.23. The molecule has 0 unspecified atom stereocenters. The number of rotatable bonds is 4. The zero-order valence-electron chi connectivity index (χ0n) is 14.4. The lowest BCUT2D eigenvalue weighted by Crippen LogP contribution is -2.41. The van der Waals surface area contributed by atoms with E-state index in [2.05, 4.69) is 77.8 Å². The van der Waals surface area contributed by atoms with Crippen molar-refractivity contribution in [3.05, 3.63) is 29.8 Å². The Hall–Kier alpha value is -0.835. The highest BCUT2D eigenvalue weighted by Crippen LogP contribution is 2.36. The Bertz CT molecular complexity index is 466. The van der Waals surface area contributed by atoms with Gasteiger partial charge >= 0.3 is 7.12 Å². The van der Waals surface area contributed by atoms with Gasteiger partial charge in [-0.15, -0.1) is 0 Å². The van der Waals surface area contributed by atoms with Gasteiger partial charge in [0.1, 0.15) is 0 Å². The maximum Gasteiger partial charge on any atom is 0.494 e. The monoisotopic (exact) mass is 289 g/mol. The molecule has 1 heterocycles. The van der Waals surface area contributed by atoms with Gasteiger partial charge in [0.05, 0.1) is 11.2 Å². The molecule has 0 radical (unpaired) electrons. The third kappa shape index (κ3) is 3.50. The standard InChI is InChI=1S/C17H28BNO2/c1-13(2)19(7)12-14-8-10-15(11-9-14)18-20-16(3,4)17(5,6)21-18/h8-11,13H,12H2,1-7H3. The molecule has 1 aliphatic rings. The lowest BCUT2D eigenvalue weighted by atomic mass is 9.79. The van der Waals surface area contributed by atoms with Gasteiger partial charge in [-0.3, -0.25) is 4.90 Å². The summed E-state index contributed by atoms with van der Waals surface area (Å²) in [5.74, 6) is 0. The second-order valence-corrected chi connectivity index (χ2v) is 7.34. The lowest BCUT2D eigenvalue weighted by Gasteiger charge is -2.32. The Labute approximate surface area is 129 Å². The van der Waals surface area contributed by atoms with Gasteiger partial charge in [0, 0.05) is 12.6 Å². The van der Waals surface area contributed by atoms with Crippen LogP contribution in [0.25, 0.3) is 0 Å². The van der Waals surface area contributed by atoms with E-state index >= 15 is 0 Å². The molecule has 1 aliphatic heterocycles. The van der Waals surface area contributed by atoms with Crippen LogP contribution in [0.1, 0.15) is 47.1 Å². The SMILES string of the molecule is CC(C)N(C)Cc1ccc(B2OC(C)(C)C(C)(C)O2)cc1. The highest BCUT2D eigenvalue weighted by atomic mass is 16.7. The van der Waals surface area contributed by atoms with Crippen molar-refractivity contribution in [2.24, 2.45) is 0 Å². The fraction of sp³-hybridized carbons (Fsp3) is 0.647. The summed E-state index contributed by atoms with van der Waals surface area (Å²) in [5, 5.41) is 0. The molecule has 1 fully saturated rings. The first-order chi connectivity index (χ1) is 9.62. The minimum Gasteiger partial charge on any atom is -0.399 e. The second kappa shape index (κ2) is 5.75. The van der Waals surface area contributed by atoms with E-state index in [4.69, 9.17) is 9.31 Å². The Morgan fingerprint density at radius 3 is 1.90 bits per heavy atom. The van der Waals surface area contributed by atoms with E-state index < -0.39 is 0 Å². The van der Waals surface area contributed by atoms with Crippen molar-refractivity contribution < 1.29 is 9.31 Å². The van der Waals surface area contributed by atoms with Gasteiger partial charge in [-0.05, 0) is 59.6 Å². The van der Waals surface area contributed by atoms with Crippen molar-refractivity contribution >= 4 is 12.6 Å². The summed E-state index contributed by atoms with van der Waals surface area (Å²) in [5.41, 5.74) is 1.83. The van der Waals surface area contributed by atoms with Gasteiger partial charge < -0.3 is 9.31 Å². The Morgan fingerprint density at radius 2 is 1.48 bits per heavy atom. The van der Waals surface area contributed by atoms with Crippen LogP contribution in [0.5, 0.6) is 0 Å². The molecule has 4 heteroatoms. The molecular formula is C17H28BNO2. The van der Waals surface area contributed by atoms with E-state index in [-0.39, 0.29) is 18.3 Å². The first-order valence-corrected chi connectivity index (χ1v) is 7.77. The van der Waals surface area contributed by atoms with Gasteiger partial charge in [0.15, 0.2) is 0 Å². The molecule has 3 nitrogen and oxygen atoms in total.